The molecule has 0 aliphatic rings. The van der Waals surface area contributed by atoms with Gasteiger partial charge in [-0.3, -0.25) is 4.79 Å². The number of hydrogen-bond acceptors (Lipinski definition) is 4. The van der Waals surface area contributed by atoms with E-state index in [1.165, 1.54) is 0 Å². The molecule has 0 unspecified atom stereocenters. The van der Waals surface area contributed by atoms with Crippen molar-refractivity contribution in [3.05, 3.63) is 52.3 Å². The van der Waals surface area contributed by atoms with E-state index >= 15 is 0 Å². The van der Waals surface area contributed by atoms with Gasteiger partial charge in [0.1, 0.15) is 16.7 Å². The van der Waals surface area contributed by atoms with Gasteiger partial charge in [0.2, 0.25) is 6.41 Å². The minimum absolute atomic E-state index is 0.424. The number of aryl methyl sites for hydroxylation is 1. The molecule has 1 aromatic carbocycles. The van der Waals surface area contributed by atoms with Crippen LogP contribution in [0.4, 0.5) is 0 Å². The van der Waals surface area contributed by atoms with Crippen molar-refractivity contribution in [2.45, 2.75) is 6.92 Å². The number of rotatable bonds is 6. The second-order valence-electron chi connectivity index (χ2n) is 4.79. The topological polar surface area (TPSA) is 60.5 Å². The Balaban J connectivity index is 2.53. The number of ether oxygens (including phenoxy) is 2. The molecule has 0 radical (unpaired) electrons. The summed E-state index contributed by atoms with van der Waals surface area (Å²) in [4.78, 5) is 15.0. The summed E-state index contributed by atoms with van der Waals surface area (Å²) in [7, 11) is 3.14. The first-order valence-corrected chi connectivity index (χ1v) is 7.22. The van der Waals surface area contributed by atoms with Crippen LogP contribution in [0.25, 0.3) is 11.8 Å². The van der Waals surface area contributed by atoms with Crippen molar-refractivity contribution in [3.8, 4) is 11.5 Å². The van der Waals surface area contributed by atoms with E-state index in [0.29, 0.717) is 28.8 Å². The minimum Gasteiger partial charge on any atom is -0.497 e. The number of halogens is 1. The molecule has 0 fully saturated rings. The van der Waals surface area contributed by atoms with Crippen LogP contribution in [0, 0.1) is 6.92 Å². The molecule has 0 aliphatic heterocycles. The second kappa shape index (κ2) is 7.65. The Morgan fingerprint density at radius 2 is 1.83 bits per heavy atom. The number of carbonyl (C=O) groups excluding carboxylic acids is 1. The summed E-state index contributed by atoms with van der Waals surface area (Å²) in [5, 5.41) is 3.12. The molecule has 0 bridgehead atoms. The predicted octanol–water partition coefficient (Wildman–Crippen LogP) is 3.30. The molecule has 1 amide bonds. The number of hydrogen-bond donors (Lipinski definition) is 1. The molecule has 23 heavy (non-hydrogen) atoms. The highest BCUT2D eigenvalue weighted by atomic mass is 35.5. The minimum atomic E-state index is 0.424. The van der Waals surface area contributed by atoms with Gasteiger partial charge in [-0.05, 0) is 42.3 Å². The molecule has 0 atom stereocenters. The first kappa shape index (κ1) is 16.8. The van der Waals surface area contributed by atoms with Crippen LogP contribution >= 0.6 is 11.6 Å². The van der Waals surface area contributed by atoms with E-state index in [0.717, 1.165) is 16.7 Å². The van der Waals surface area contributed by atoms with E-state index < -0.39 is 0 Å². The van der Waals surface area contributed by atoms with E-state index in [2.05, 4.69) is 10.3 Å². The summed E-state index contributed by atoms with van der Waals surface area (Å²) in [6, 6.07) is 7.14. The van der Waals surface area contributed by atoms with Gasteiger partial charge in [-0.15, -0.1) is 0 Å². The molecule has 2 aromatic rings. The number of aromatic nitrogens is 1. The third-order valence-corrected chi connectivity index (χ3v) is 3.50. The lowest BCUT2D eigenvalue weighted by Crippen LogP contribution is -2.09. The normalized spacial score (nSPS) is 11.0. The van der Waals surface area contributed by atoms with Gasteiger partial charge in [0.25, 0.3) is 0 Å². The molecule has 5 nitrogen and oxygen atoms in total. The maximum Gasteiger partial charge on any atom is 0.211 e. The van der Waals surface area contributed by atoms with Crippen molar-refractivity contribution in [1.29, 1.82) is 0 Å². The monoisotopic (exact) mass is 332 g/mol. The lowest BCUT2D eigenvalue weighted by molar-refractivity contribution is -0.108. The van der Waals surface area contributed by atoms with Gasteiger partial charge >= 0.3 is 0 Å². The van der Waals surface area contributed by atoms with Crippen LogP contribution in [0.3, 0.4) is 0 Å². The Labute approximate surface area is 139 Å². The van der Waals surface area contributed by atoms with Crippen molar-refractivity contribution < 1.29 is 14.3 Å². The number of benzene rings is 1. The Morgan fingerprint density at radius 3 is 2.35 bits per heavy atom. The van der Waals surface area contributed by atoms with Crippen LogP contribution in [0.15, 0.2) is 30.5 Å². The zero-order valence-electron chi connectivity index (χ0n) is 13.1. The lowest BCUT2D eigenvalue weighted by atomic mass is 10.1. The van der Waals surface area contributed by atoms with Crippen LogP contribution in [-0.4, -0.2) is 25.6 Å². The Bertz CT molecular complexity index is 722. The summed E-state index contributed by atoms with van der Waals surface area (Å²) in [5.41, 5.74) is 3.15. The summed E-state index contributed by atoms with van der Waals surface area (Å²) in [5.74, 6) is 1.26. The van der Waals surface area contributed by atoms with Crippen molar-refractivity contribution in [1.82, 2.24) is 10.3 Å². The standard InChI is InChI=1S/C17H17ClN2O3/c1-11-4-17(18)19-9-13(11)7-16(20-10-21)12-5-14(22-2)8-15(6-12)23-3/h4-10H,1-3H3,(H,20,21)/b16-7-. The van der Waals surface area contributed by atoms with Crippen LogP contribution in [-0.2, 0) is 4.79 Å². The second-order valence-corrected chi connectivity index (χ2v) is 5.17. The molecule has 1 aromatic heterocycles. The number of methoxy groups -OCH3 is 2. The summed E-state index contributed by atoms with van der Waals surface area (Å²) >= 11 is 5.87. The summed E-state index contributed by atoms with van der Waals surface area (Å²) < 4.78 is 10.5. The number of pyridine rings is 1. The maximum atomic E-state index is 11.0. The SMILES string of the molecule is COc1cc(OC)cc(/C(=C/c2cnc(Cl)cc2C)NC=O)c1. The van der Waals surface area contributed by atoms with Gasteiger partial charge in [0.15, 0.2) is 0 Å². The van der Waals surface area contributed by atoms with Crippen LogP contribution in [0.5, 0.6) is 11.5 Å². The number of nitrogens with zero attached hydrogens (tertiary/aromatic N) is 1. The van der Waals surface area contributed by atoms with Gasteiger partial charge in [-0.1, -0.05) is 11.6 Å². The molecular weight excluding hydrogens is 316 g/mol. The highest BCUT2D eigenvalue weighted by Gasteiger charge is 2.08. The van der Waals surface area contributed by atoms with Crippen molar-refractivity contribution in [2.24, 2.45) is 0 Å². The zero-order valence-corrected chi connectivity index (χ0v) is 13.8. The third kappa shape index (κ3) is 4.23. The van der Waals surface area contributed by atoms with E-state index in [1.807, 2.05) is 25.1 Å². The molecule has 120 valence electrons. The molecule has 0 spiro atoms. The van der Waals surface area contributed by atoms with Crippen LogP contribution in [0.2, 0.25) is 5.15 Å². The fourth-order valence-corrected chi connectivity index (χ4v) is 2.29. The summed E-state index contributed by atoms with van der Waals surface area (Å²) in [6.45, 7) is 1.92. The van der Waals surface area contributed by atoms with Gasteiger partial charge in [0.05, 0.1) is 14.2 Å². The lowest BCUT2D eigenvalue weighted by Gasteiger charge is -2.12. The molecule has 1 N–H and O–H groups in total. The van der Waals surface area contributed by atoms with Crippen molar-refractivity contribution >= 4 is 29.8 Å². The van der Waals surface area contributed by atoms with Gasteiger partial charge < -0.3 is 14.8 Å². The first-order chi connectivity index (χ1) is 11.1. The number of amides is 1. The van der Waals surface area contributed by atoms with Crippen LogP contribution in [0.1, 0.15) is 16.7 Å². The van der Waals surface area contributed by atoms with Crippen molar-refractivity contribution in [2.75, 3.05) is 14.2 Å². The van der Waals surface area contributed by atoms with E-state index in [4.69, 9.17) is 21.1 Å². The van der Waals surface area contributed by atoms with E-state index in [1.54, 1.807) is 32.5 Å². The Hall–Kier alpha value is -2.53. The van der Waals surface area contributed by atoms with Gasteiger partial charge in [-0.2, -0.15) is 0 Å². The summed E-state index contributed by atoms with van der Waals surface area (Å²) in [6.07, 6.45) is 4.10. The fourth-order valence-electron chi connectivity index (χ4n) is 2.07. The molecule has 0 aliphatic carbocycles. The van der Waals surface area contributed by atoms with Gasteiger partial charge in [-0.25, -0.2) is 4.98 Å². The first-order valence-electron chi connectivity index (χ1n) is 6.85. The van der Waals surface area contributed by atoms with Crippen LogP contribution < -0.4 is 14.8 Å². The molecule has 0 saturated carbocycles. The highest BCUT2D eigenvalue weighted by molar-refractivity contribution is 6.29. The maximum absolute atomic E-state index is 11.0. The molecule has 2 rings (SSSR count). The van der Waals surface area contributed by atoms with Crippen molar-refractivity contribution in [3.63, 3.8) is 0 Å². The van der Waals surface area contributed by atoms with E-state index in [-0.39, 0.29) is 0 Å². The number of nitrogens with one attached hydrogen (secondary N) is 1. The number of carbonyl (C=O) groups is 1. The molecule has 1 heterocycles. The molecule has 6 heteroatoms. The quantitative estimate of drug-likeness (QED) is 0.651. The van der Waals surface area contributed by atoms with Gasteiger partial charge in [0, 0.05) is 23.5 Å². The fraction of sp³-hybridized carbons (Fsp3) is 0.176. The Morgan fingerprint density at radius 1 is 1.17 bits per heavy atom. The predicted molar refractivity (Wildman–Crippen MR) is 90.6 cm³/mol. The zero-order chi connectivity index (χ0) is 16.8. The average Bonchev–Trinajstić information content (AvgIpc) is 2.56. The molecular formula is C17H17ClN2O3. The third-order valence-electron chi connectivity index (χ3n) is 3.29. The largest absolute Gasteiger partial charge is 0.497 e. The smallest absolute Gasteiger partial charge is 0.211 e. The van der Waals surface area contributed by atoms with E-state index in [9.17, 15) is 4.79 Å². The highest BCUT2D eigenvalue weighted by Crippen LogP contribution is 2.27. The Kier molecular flexibility index (Phi) is 5.60. The average molecular weight is 333 g/mol. The molecule has 0 saturated heterocycles.